The van der Waals surface area contributed by atoms with Gasteiger partial charge in [-0.15, -0.1) is 11.3 Å². The number of benzene rings is 1. The maximum atomic E-state index is 13.4. The maximum absolute atomic E-state index is 13.4. The number of nitrogens with zero attached hydrogens (tertiary/aromatic N) is 3. The Labute approximate surface area is 186 Å². The van der Waals surface area contributed by atoms with Gasteiger partial charge in [0, 0.05) is 19.6 Å². The van der Waals surface area contributed by atoms with E-state index in [2.05, 4.69) is 24.1 Å². The van der Waals surface area contributed by atoms with Gasteiger partial charge in [-0.2, -0.15) is 0 Å². The van der Waals surface area contributed by atoms with Crippen LogP contribution in [0, 0.1) is 18.8 Å². The van der Waals surface area contributed by atoms with Crippen molar-refractivity contribution < 1.29 is 4.79 Å². The minimum atomic E-state index is -0.0954. The summed E-state index contributed by atoms with van der Waals surface area (Å²) in [4.78, 5) is 33.2. The lowest BCUT2D eigenvalue weighted by atomic mass is 9.97. The van der Waals surface area contributed by atoms with Crippen molar-refractivity contribution in [3.05, 3.63) is 51.6 Å². The average molecular weight is 439 g/mol. The molecule has 1 atom stereocenters. The number of nitrogens with one attached hydrogen (secondary N) is 1. The zero-order chi connectivity index (χ0) is 22.0. The van der Waals surface area contributed by atoms with Crippen LogP contribution in [0.15, 0.2) is 40.5 Å². The van der Waals surface area contributed by atoms with Crippen LogP contribution in [0.2, 0.25) is 0 Å². The van der Waals surface area contributed by atoms with Gasteiger partial charge in [0.05, 0.1) is 17.1 Å². The number of carbonyl (C=O) groups excluding carboxylic acids is 1. The number of piperidine rings is 1. The second kappa shape index (κ2) is 9.22. The van der Waals surface area contributed by atoms with Crippen molar-refractivity contribution in [3.8, 4) is 5.69 Å². The number of aryl methyl sites for hydroxylation is 1. The largest absolute Gasteiger partial charge is 0.356 e. The molecule has 0 radical (unpaired) electrons. The normalized spacial score (nSPS) is 16.8. The summed E-state index contributed by atoms with van der Waals surface area (Å²) in [6.45, 7) is 8.39. The molecular formula is C24H30N4O2S. The number of anilines is 1. The molecule has 1 saturated heterocycles. The summed E-state index contributed by atoms with van der Waals surface area (Å²) in [5.74, 6) is 1.20. The van der Waals surface area contributed by atoms with Crippen LogP contribution >= 0.6 is 11.3 Å². The van der Waals surface area contributed by atoms with Crippen LogP contribution in [-0.4, -0.2) is 35.1 Å². The zero-order valence-electron chi connectivity index (χ0n) is 18.4. The van der Waals surface area contributed by atoms with Gasteiger partial charge in [0.25, 0.3) is 5.56 Å². The number of hydrogen-bond donors (Lipinski definition) is 1. The number of carbonyl (C=O) groups is 1. The van der Waals surface area contributed by atoms with E-state index in [0.717, 1.165) is 42.6 Å². The number of rotatable bonds is 6. The Hall–Kier alpha value is -2.67. The van der Waals surface area contributed by atoms with Gasteiger partial charge in [0.15, 0.2) is 0 Å². The van der Waals surface area contributed by atoms with Crippen LogP contribution < -0.4 is 15.8 Å². The fourth-order valence-electron chi connectivity index (χ4n) is 4.11. The highest BCUT2D eigenvalue weighted by Gasteiger charge is 2.29. The average Bonchev–Trinajstić information content (AvgIpc) is 3.22. The Kier molecular flexibility index (Phi) is 6.41. The molecule has 1 unspecified atom stereocenters. The van der Waals surface area contributed by atoms with E-state index >= 15 is 0 Å². The quantitative estimate of drug-likeness (QED) is 0.628. The van der Waals surface area contributed by atoms with Crippen molar-refractivity contribution in [2.45, 2.75) is 40.0 Å². The molecule has 2 aromatic heterocycles. The Balaban J connectivity index is 1.67. The predicted molar refractivity (Wildman–Crippen MR) is 127 cm³/mol. The second-order valence-electron chi connectivity index (χ2n) is 8.79. The highest BCUT2D eigenvalue weighted by atomic mass is 32.1. The number of thiophene rings is 1. The molecule has 1 amide bonds. The van der Waals surface area contributed by atoms with Gasteiger partial charge >= 0.3 is 0 Å². The molecule has 1 aliphatic rings. The first-order chi connectivity index (χ1) is 14.9. The standard InChI is InChI=1S/C24H30N4O2S/c1-16(2)9-11-25-22(29)18-7-5-12-27(15-18)24-26-20-10-13-31-21(20)23(30)28(24)19-8-4-6-17(3)14-19/h4,6,8,10,13-14,16,18H,5,7,9,11-12,15H2,1-3H3,(H,25,29). The van der Waals surface area contributed by atoms with E-state index in [9.17, 15) is 9.59 Å². The van der Waals surface area contributed by atoms with Crippen molar-refractivity contribution >= 4 is 33.4 Å². The van der Waals surface area contributed by atoms with E-state index in [4.69, 9.17) is 4.98 Å². The van der Waals surface area contributed by atoms with Crippen LogP contribution in [0.25, 0.3) is 15.9 Å². The van der Waals surface area contributed by atoms with Crippen molar-refractivity contribution in [2.24, 2.45) is 11.8 Å². The minimum Gasteiger partial charge on any atom is -0.356 e. The fourth-order valence-corrected chi connectivity index (χ4v) is 4.87. The first kappa shape index (κ1) is 21.6. The summed E-state index contributed by atoms with van der Waals surface area (Å²) in [5.41, 5.74) is 2.57. The van der Waals surface area contributed by atoms with E-state index in [1.54, 1.807) is 4.57 Å². The molecule has 0 aliphatic carbocycles. The van der Waals surface area contributed by atoms with Gasteiger partial charge in [0.1, 0.15) is 4.70 Å². The molecule has 0 spiro atoms. The van der Waals surface area contributed by atoms with E-state index in [1.807, 2.05) is 42.6 Å². The van der Waals surface area contributed by atoms with E-state index in [0.29, 0.717) is 29.7 Å². The van der Waals surface area contributed by atoms with Gasteiger partial charge in [-0.3, -0.25) is 9.59 Å². The molecule has 3 aromatic rings. The molecule has 0 bridgehead atoms. The summed E-state index contributed by atoms with van der Waals surface area (Å²) in [5, 5.41) is 5.00. The molecule has 4 rings (SSSR count). The Morgan fingerprint density at radius 1 is 1.32 bits per heavy atom. The van der Waals surface area contributed by atoms with Gasteiger partial charge < -0.3 is 10.2 Å². The van der Waals surface area contributed by atoms with Crippen molar-refractivity contribution in [2.75, 3.05) is 24.5 Å². The number of aromatic nitrogens is 2. The van der Waals surface area contributed by atoms with Crippen molar-refractivity contribution in [1.82, 2.24) is 14.9 Å². The maximum Gasteiger partial charge on any atom is 0.277 e. The molecule has 1 fully saturated rings. The SMILES string of the molecule is Cc1cccc(-n2c(N3CCCC(C(=O)NCCC(C)C)C3)nc3ccsc3c2=O)c1. The summed E-state index contributed by atoms with van der Waals surface area (Å²) in [7, 11) is 0. The van der Waals surface area contributed by atoms with Crippen LogP contribution in [0.3, 0.4) is 0 Å². The molecule has 7 heteroatoms. The third-order valence-corrected chi connectivity index (χ3v) is 6.71. The molecule has 1 aromatic carbocycles. The Morgan fingerprint density at radius 3 is 2.94 bits per heavy atom. The third-order valence-electron chi connectivity index (χ3n) is 5.82. The van der Waals surface area contributed by atoms with E-state index in [-0.39, 0.29) is 17.4 Å². The third kappa shape index (κ3) is 4.66. The molecular weight excluding hydrogens is 408 g/mol. The van der Waals surface area contributed by atoms with Gasteiger partial charge in [-0.25, -0.2) is 9.55 Å². The summed E-state index contributed by atoms with van der Waals surface area (Å²) in [6.07, 6.45) is 2.73. The monoisotopic (exact) mass is 438 g/mol. The summed E-state index contributed by atoms with van der Waals surface area (Å²) >= 11 is 1.42. The second-order valence-corrected chi connectivity index (χ2v) is 9.70. The molecule has 1 N–H and O–H groups in total. The van der Waals surface area contributed by atoms with Gasteiger partial charge in [0.2, 0.25) is 11.9 Å². The van der Waals surface area contributed by atoms with Crippen molar-refractivity contribution in [3.63, 3.8) is 0 Å². The summed E-state index contributed by atoms with van der Waals surface area (Å²) < 4.78 is 2.37. The zero-order valence-corrected chi connectivity index (χ0v) is 19.2. The fraction of sp³-hybridized carbons (Fsp3) is 0.458. The lowest BCUT2D eigenvalue weighted by Crippen LogP contribution is -2.45. The lowest BCUT2D eigenvalue weighted by molar-refractivity contribution is -0.125. The van der Waals surface area contributed by atoms with Crippen LogP contribution in [-0.2, 0) is 4.79 Å². The molecule has 164 valence electrons. The number of amides is 1. The minimum absolute atomic E-state index is 0.0518. The van der Waals surface area contributed by atoms with Crippen LogP contribution in [0.5, 0.6) is 0 Å². The van der Waals surface area contributed by atoms with Gasteiger partial charge in [-0.1, -0.05) is 26.0 Å². The summed E-state index contributed by atoms with van der Waals surface area (Å²) in [6, 6.07) is 9.82. The molecule has 3 heterocycles. The smallest absolute Gasteiger partial charge is 0.277 e. The molecule has 31 heavy (non-hydrogen) atoms. The first-order valence-corrected chi connectivity index (χ1v) is 11.9. The topological polar surface area (TPSA) is 67.2 Å². The van der Waals surface area contributed by atoms with E-state index in [1.165, 1.54) is 11.3 Å². The van der Waals surface area contributed by atoms with Crippen molar-refractivity contribution in [1.29, 1.82) is 0 Å². The first-order valence-electron chi connectivity index (χ1n) is 11.0. The highest BCUT2D eigenvalue weighted by molar-refractivity contribution is 7.17. The molecule has 1 aliphatic heterocycles. The number of hydrogen-bond acceptors (Lipinski definition) is 5. The lowest BCUT2D eigenvalue weighted by Gasteiger charge is -2.34. The predicted octanol–water partition coefficient (Wildman–Crippen LogP) is 4.13. The van der Waals surface area contributed by atoms with E-state index < -0.39 is 0 Å². The van der Waals surface area contributed by atoms with Gasteiger partial charge in [-0.05, 0) is 61.2 Å². The Morgan fingerprint density at radius 2 is 2.16 bits per heavy atom. The highest BCUT2D eigenvalue weighted by Crippen LogP contribution is 2.26. The number of fused-ring (bicyclic) bond motifs is 1. The van der Waals surface area contributed by atoms with Crippen LogP contribution in [0.1, 0.15) is 38.7 Å². The molecule has 6 nitrogen and oxygen atoms in total. The van der Waals surface area contributed by atoms with Crippen LogP contribution in [0.4, 0.5) is 5.95 Å². The molecule has 0 saturated carbocycles. The Bertz CT molecular complexity index is 1130.